The molecule has 144 valence electrons. The third-order valence-electron chi connectivity index (χ3n) is 3.79. The van der Waals surface area contributed by atoms with E-state index in [0.29, 0.717) is 29.4 Å². The van der Waals surface area contributed by atoms with Crippen LogP contribution < -0.4 is 25.4 Å². The van der Waals surface area contributed by atoms with Crippen molar-refractivity contribution in [1.82, 2.24) is 5.32 Å². The monoisotopic (exact) mass is 371 g/mol. The molecular weight excluding hydrogens is 346 g/mol. The van der Waals surface area contributed by atoms with Gasteiger partial charge in [0, 0.05) is 18.3 Å². The molecule has 0 aromatic heterocycles. The number of carbonyl (C=O) groups excluding carboxylic acids is 2. The fourth-order valence-electron chi connectivity index (χ4n) is 2.55. The molecule has 0 saturated heterocycles. The maximum Gasteiger partial charge on any atom is 0.238 e. The topological polar surface area (TPSA) is 88.7 Å². The van der Waals surface area contributed by atoms with Crippen LogP contribution in [0.4, 0.5) is 11.4 Å². The van der Waals surface area contributed by atoms with Crippen LogP contribution in [0.1, 0.15) is 12.5 Å². The number of methoxy groups -OCH3 is 2. The van der Waals surface area contributed by atoms with Crippen molar-refractivity contribution in [3.8, 4) is 11.5 Å². The summed E-state index contributed by atoms with van der Waals surface area (Å²) in [5.41, 5.74) is 2.36. The molecule has 0 radical (unpaired) electrons. The Morgan fingerprint density at radius 1 is 0.926 bits per heavy atom. The van der Waals surface area contributed by atoms with E-state index in [1.54, 1.807) is 38.5 Å². The van der Waals surface area contributed by atoms with E-state index in [4.69, 9.17) is 9.47 Å². The van der Waals surface area contributed by atoms with Crippen LogP contribution in [0.5, 0.6) is 11.5 Å². The fraction of sp³-hybridized carbons (Fsp3) is 0.300. The fourth-order valence-corrected chi connectivity index (χ4v) is 2.55. The minimum absolute atomic E-state index is 0.151. The highest BCUT2D eigenvalue weighted by Gasteiger charge is 2.06. The second-order valence-corrected chi connectivity index (χ2v) is 5.93. The van der Waals surface area contributed by atoms with Gasteiger partial charge in [-0.15, -0.1) is 0 Å². The molecule has 2 aromatic carbocycles. The summed E-state index contributed by atoms with van der Waals surface area (Å²) in [7, 11) is 3.20. The number of carbonyl (C=O) groups is 2. The number of amides is 2. The van der Waals surface area contributed by atoms with Gasteiger partial charge in [0.25, 0.3) is 0 Å². The number of rotatable bonds is 9. The van der Waals surface area contributed by atoms with E-state index in [2.05, 4.69) is 16.0 Å². The van der Waals surface area contributed by atoms with Crippen LogP contribution in [0.3, 0.4) is 0 Å². The van der Waals surface area contributed by atoms with Gasteiger partial charge in [0.1, 0.15) is 0 Å². The molecule has 0 aliphatic carbocycles. The number of nitrogens with one attached hydrogen (secondary N) is 3. The summed E-state index contributed by atoms with van der Waals surface area (Å²) in [6.45, 7) is 2.28. The van der Waals surface area contributed by atoms with E-state index < -0.39 is 0 Å². The van der Waals surface area contributed by atoms with E-state index in [-0.39, 0.29) is 18.4 Å². The predicted octanol–water partition coefficient (Wildman–Crippen LogP) is 2.43. The van der Waals surface area contributed by atoms with Crippen molar-refractivity contribution in [3.63, 3.8) is 0 Å². The number of ether oxygens (including phenoxy) is 2. The SMILES string of the molecule is COc1ccc(CCNCC(=O)Nc2cccc(NC(C)=O)c2)cc1OC. The smallest absolute Gasteiger partial charge is 0.238 e. The van der Waals surface area contributed by atoms with Crippen LogP contribution >= 0.6 is 0 Å². The summed E-state index contributed by atoms with van der Waals surface area (Å²) in [4.78, 5) is 23.1. The Balaban J connectivity index is 1.77. The molecule has 0 aliphatic rings. The quantitative estimate of drug-likeness (QED) is 0.589. The Bertz CT molecular complexity index is 793. The van der Waals surface area contributed by atoms with Gasteiger partial charge < -0.3 is 25.4 Å². The van der Waals surface area contributed by atoms with Crippen molar-refractivity contribution in [1.29, 1.82) is 0 Å². The second-order valence-electron chi connectivity index (χ2n) is 5.93. The molecule has 3 N–H and O–H groups in total. The zero-order chi connectivity index (χ0) is 19.6. The summed E-state index contributed by atoms with van der Waals surface area (Å²) in [6, 6.07) is 12.8. The van der Waals surface area contributed by atoms with E-state index in [9.17, 15) is 9.59 Å². The summed E-state index contributed by atoms with van der Waals surface area (Å²) in [5.74, 6) is 1.07. The van der Waals surface area contributed by atoms with Gasteiger partial charge in [-0.05, 0) is 48.9 Å². The lowest BCUT2D eigenvalue weighted by Crippen LogP contribution is -2.29. The molecule has 7 nitrogen and oxygen atoms in total. The Morgan fingerprint density at radius 2 is 1.63 bits per heavy atom. The Morgan fingerprint density at radius 3 is 2.30 bits per heavy atom. The number of benzene rings is 2. The summed E-state index contributed by atoms with van der Waals surface area (Å²) in [6.07, 6.45) is 0.756. The van der Waals surface area contributed by atoms with Crippen molar-refractivity contribution in [2.24, 2.45) is 0 Å². The van der Waals surface area contributed by atoms with Gasteiger partial charge >= 0.3 is 0 Å². The molecule has 0 saturated carbocycles. The Hall–Kier alpha value is -3.06. The van der Waals surface area contributed by atoms with E-state index >= 15 is 0 Å². The highest BCUT2D eigenvalue weighted by molar-refractivity contribution is 5.94. The third kappa shape index (κ3) is 6.63. The van der Waals surface area contributed by atoms with Gasteiger partial charge in [0.2, 0.25) is 11.8 Å². The van der Waals surface area contributed by atoms with Crippen LogP contribution in [0, 0.1) is 0 Å². The molecule has 2 rings (SSSR count). The standard InChI is InChI=1S/C20H25N3O4/c1-14(24)22-16-5-4-6-17(12-16)23-20(25)13-21-10-9-15-7-8-18(26-2)19(11-15)27-3/h4-8,11-12,21H,9-10,13H2,1-3H3,(H,22,24)(H,23,25). The number of anilines is 2. The van der Waals surface area contributed by atoms with Crippen molar-refractivity contribution < 1.29 is 19.1 Å². The molecule has 0 fully saturated rings. The predicted molar refractivity (Wildman–Crippen MR) is 105 cm³/mol. The summed E-state index contributed by atoms with van der Waals surface area (Å²) in [5, 5.41) is 8.59. The van der Waals surface area contributed by atoms with Gasteiger partial charge in [-0.3, -0.25) is 9.59 Å². The Kier molecular flexibility index (Phi) is 7.63. The van der Waals surface area contributed by atoms with Crippen LogP contribution in [0.25, 0.3) is 0 Å². The van der Waals surface area contributed by atoms with Crippen molar-refractivity contribution in [2.45, 2.75) is 13.3 Å². The number of hydrogen-bond donors (Lipinski definition) is 3. The zero-order valence-electron chi connectivity index (χ0n) is 15.8. The Labute approximate surface area is 159 Å². The third-order valence-corrected chi connectivity index (χ3v) is 3.79. The van der Waals surface area contributed by atoms with Crippen LogP contribution in [0.15, 0.2) is 42.5 Å². The van der Waals surface area contributed by atoms with Crippen LogP contribution in [0.2, 0.25) is 0 Å². The summed E-state index contributed by atoms with van der Waals surface area (Å²) < 4.78 is 10.5. The largest absolute Gasteiger partial charge is 0.493 e. The molecule has 2 aromatic rings. The van der Waals surface area contributed by atoms with Gasteiger partial charge in [0.15, 0.2) is 11.5 Å². The van der Waals surface area contributed by atoms with Gasteiger partial charge in [-0.25, -0.2) is 0 Å². The first kappa shape index (κ1) is 20.3. The summed E-state index contributed by atoms with van der Waals surface area (Å²) >= 11 is 0. The zero-order valence-corrected chi connectivity index (χ0v) is 15.8. The van der Waals surface area contributed by atoms with Crippen molar-refractivity contribution in [3.05, 3.63) is 48.0 Å². The molecule has 0 spiro atoms. The second kappa shape index (κ2) is 10.2. The average molecular weight is 371 g/mol. The maximum absolute atomic E-state index is 12.0. The molecular formula is C20H25N3O4. The first-order valence-electron chi connectivity index (χ1n) is 8.61. The van der Waals surface area contributed by atoms with Crippen LogP contribution in [-0.2, 0) is 16.0 Å². The van der Waals surface area contributed by atoms with Gasteiger partial charge in [-0.2, -0.15) is 0 Å². The normalized spacial score (nSPS) is 10.2. The molecule has 7 heteroatoms. The van der Waals surface area contributed by atoms with Crippen molar-refractivity contribution in [2.75, 3.05) is 37.9 Å². The number of hydrogen-bond acceptors (Lipinski definition) is 5. The first-order valence-corrected chi connectivity index (χ1v) is 8.61. The maximum atomic E-state index is 12.0. The highest BCUT2D eigenvalue weighted by atomic mass is 16.5. The molecule has 0 heterocycles. The highest BCUT2D eigenvalue weighted by Crippen LogP contribution is 2.27. The lowest BCUT2D eigenvalue weighted by atomic mass is 10.1. The van der Waals surface area contributed by atoms with E-state index in [1.807, 2.05) is 18.2 Å². The van der Waals surface area contributed by atoms with Gasteiger partial charge in [0.05, 0.1) is 20.8 Å². The first-order chi connectivity index (χ1) is 13.0. The van der Waals surface area contributed by atoms with Crippen LogP contribution in [-0.4, -0.2) is 39.1 Å². The molecule has 0 unspecified atom stereocenters. The minimum Gasteiger partial charge on any atom is -0.493 e. The minimum atomic E-state index is -0.157. The average Bonchev–Trinajstić information content (AvgIpc) is 2.64. The molecule has 27 heavy (non-hydrogen) atoms. The van der Waals surface area contributed by atoms with Crippen molar-refractivity contribution >= 4 is 23.2 Å². The lowest BCUT2D eigenvalue weighted by Gasteiger charge is -2.10. The van der Waals surface area contributed by atoms with E-state index in [1.165, 1.54) is 6.92 Å². The molecule has 0 aliphatic heterocycles. The molecule has 0 atom stereocenters. The molecule has 2 amide bonds. The van der Waals surface area contributed by atoms with Gasteiger partial charge in [-0.1, -0.05) is 12.1 Å². The lowest BCUT2D eigenvalue weighted by molar-refractivity contribution is -0.115. The molecule has 0 bridgehead atoms. The van der Waals surface area contributed by atoms with E-state index in [0.717, 1.165) is 12.0 Å².